The van der Waals surface area contributed by atoms with E-state index in [9.17, 15) is 13.2 Å². The zero-order valence-electron chi connectivity index (χ0n) is 17.4. The van der Waals surface area contributed by atoms with Crippen molar-refractivity contribution in [2.75, 3.05) is 10.5 Å². The molecule has 1 heterocycles. The average molecular weight is 468 g/mol. The van der Waals surface area contributed by atoms with Gasteiger partial charge in [0, 0.05) is 12.1 Å². The van der Waals surface area contributed by atoms with Gasteiger partial charge in [0.05, 0.1) is 28.1 Å². The molecule has 3 aromatic rings. The fraction of sp³-hybridized carbons (Fsp3) is 0.167. The highest BCUT2D eigenvalue weighted by Gasteiger charge is 2.34. The molecule has 1 atom stereocenters. The third kappa shape index (κ3) is 4.69. The standard InChI is InChI=1S/C24H22ClN3O3S/c1-2-32(30,31)27-19-12-8-11-18(15-19)22-16-23(17-9-4-3-5-10-17)28(26-22)24(29)20-13-6-7-14-21(20)25/h3-15,23,27H,2,16H2,1H3/t23-/m0/s1. The molecule has 0 unspecified atom stereocenters. The first-order valence-corrected chi connectivity index (χ1v) is 12.2. The van der Waals surface area contributed by atoms with Gasteiger partial charge in [0.25, 0.3) is 5.91 Å². The van der Waals surface area contributed by atoms with Crippen molar-refractivity contribution in [2.24, 2.45) is 5.10 Å². The molecule has 8 heteroatoms. The van der Waals surface area contributed by atoms with Crippen molar-refractivity contribution >= 4 is 38.9 Å². The predicted molar refractivity (Wildman–Crippen MR) is 127 cm³/mol. The second kappa shape index (κ2) is 9.14. The lowest BCUT2D eigenvalue weighted by Gasteiger charge is -2.22. The van der Waals surface area contributed by atoms with Gasteiger partial charge < -0.3 is 0 Å². The van der Waals surface area contributed by atoms with Crippen LogP contribution in [0.4, 0.5) is 5.69 Å². The van der Waals surface area contributed by atoms with E-state index >= 15 is 0 Å². The van der Waals surface area contributed by atoms with Gasteiger partial charge in [0.2, 0.25) is 10.0 Å². The maximum Gasteiger partial charge on any atom is 0.276 e. The van der Waals surface area contributed by atoms with E-state index in [1.807, 2.05) is 36.4 Å². The Morgan fingerprint density at radius 3 is 2.50 bits per heavy atom. The van der Waals surface area contributed by atoms with Crippen LogP contribution in [-0.4, -0.2) is 30.8 Å². The van der Waals surface area contributed by atoms with E-state index in [2.05, 4.69) is 9.82 Å². The highest BCUT2D eigenvalue weighted by atomic mass is 35.5. The Hall–Kier alpha value is -3.16. The van der Waals surface area contributed by atoms with Crippen LogP contribution in [0.3, 0.4) is 0 Å². The highest BCUT2D eigenvalue weighted by Crippen LogP contribution is 2.35. The molecule has 6 nitrogen and oxygen atoms in total. The molecule has 0 aromatic heterocycles. The molecule has 0 aliphatic carbocycles. The smallest absolute Gasteiger partial charge is 0.276 e. The third-order valence-electron chi connectivity index (χ3n) is 5.26. The lowest BCUT2D eigenvalue weighted by Crippen LogP contribution is -2.27. The molecule has 0 radical (unpaired) electrons. The number of hydrazone groups is 1. The quantitative estimate of drug-likeness (QED) is 0.548. The first-order chi connectivity index (χ1) is 15.4. The minimum absolute atomic E-state index is 0.0195. The van der Waals surface area contributed by atoms with Crippen molar-refractivity contribution in [3.05, 3.63) is 101 Å². The minimum Gasteiger partial charge on any atom is -0.284 e. The van der Waals surface area contributed by atoms with Crippen molar-refractivity contribution in [1.82, 2.24) is 5.01 Å². The number of halogens is 1. The molecule has 32 heavy (non-hydrogen) atoms. The summed E-state index contributed by atoms with van der Waals surface area (Å²) in [5, 5.41) is 6.49. The summed E-state index contributed by atoms with van der Waals surface area (Å²) >= 11 is 6.28. The fourth-order valence-corrected chi connectivity index (χ4v) is 4.43. The van der Waals surface area contributed by atoms with E-state index in [0.29, 0.717) is 28.4 Å². The summed E-state index contributed by atoms with van der Waals surface area (Å²) in [7, 11) is -3.40. The number of nitrogens with one attached hydrogen (secondary N) is 1. The average Bonchev–Trinajstić information content (AvgIpc) is 3.25. The van der Waals surface area contributed by atoms with Crippen LogP contribution in [0, 0.1) is 0 Å². The van der Waals surface area contributed by atoms with E-state index in [1.54, 1.807) is 49.4 Å². The minimum atomic E-state index is -3.40. The van der Waals surface area contributed by atoms with Crippen molar-refractivity contribution < 1.29 is 13.2 Å². The molecule has 3 aromatic carbocycles. The van der Waals surface area contributed by atoms with Crippen LogP contribution in [0.25, 0.3) is 0 Å². The highest BCUT2D eigenvalue weighted by molar-refractivity contribution is 7.92. The maximum absolute atomic E-state index is 13.4. The van der Waals surface area contributed by atoms with E-state index < -0.39 is 10.0 Å². The summed E-state index contributed by atoms with van der Waals surface area (Å²) in [6.07, 6.45) is 0.490. The number of carbonyl (C=O) groups excluding carboxylic acids is 1. The Kier molecular flexibility index (Phi) is 6.30. The molecular formula is C24H22ClN3O3S. The Balaban J connectivity index is 1.72. The molecule has 164 valence electrons. The van der Waals surface area contributed by atoms with Crippen molar-refractivity contribution in [3.63, 3.8) is 0 Å². The number of sulfonamides is 1. The molecule has 1 N–H and O–H groups in total. The Morgan fingerprint density at radius 1 is 1.06 bits per heavy atom. The molecule has 1 amide bonds. The molecule has 4 rings (SSSR count). The Bertz CT molecular complexity index is 1280. The monoisotopic (exact) mass is 467 g/mol. The van der Waals surface area contributed by atoms with Gasteiger partial charge in [-0.1, -0.05) is 66.2 Å². The Morgan fingerprint density at radius 2 is 1.78 bits per heavy atom. The van der Waals surface area contributed by atoms with Crippen LogP contribution in [0.2, 0.25) is 5.02 Å². The van der Waals surface area contributed by atoms with Gasteiger partial charge >= 0.3 is 0 Å². The van der Waals surface area contributed by atoms with Crippen LogP contribution in [0.15, 0.2) is 84.0 Å². The molecule has 0 bridgehead atoms. The van der Waals surface area contributed by atoms with E-state index in [1.165, 1.54) is 5.01 Å². The second-order valence-corrected chi connectivity index (χ2v) is 9.81. The summed E-state index contributed by atoms with van der Waals surface area (Å²) in [5.41, 5.74) is 3.23. The van der Waals surface area contributed by atoms with Gasteiger partial charge in [0.1, 0.15) is 0 Å². The van der Waals surface area contributed by atoms with E-state index in [4.69, 9.17) is 11.6 Å². The van der Waals surface area contributed by atoms with Crippen LogP contribution < -0.4 is 4.72 Å². The summed E-state index contributed by atoms with van der Waals surface area (Å²) in [6, 6.07) is 23.3. The second-order valence-electron chi connectivity index (χ2n) is 7.39. The molecule has 0 saturated heterocycles. The largest absolute Gasteiger partial charge is 0.284 e. The van der Waals surface area contributed by atoms with Gasteiger partial charge in [0.15, 0.2) is 0 Å². The van der Waals surface area contributed by atoms with Crippen LogP contribution in [0.5, 0.6) is 0 Å². The summed E-state index contributed by atoms with van der Waals surface area (Å²) < 4.78 is 26.5. The molecule has 0 spiro atoms. The van der Waals surface area contributed by atoms with Gasteiger partial charge in [-0.25, -0.2) is 13.4 Å². The Labute approximate surface area is 192 Å². The zero-order valence-corrected chi connectivity index (χ0v) is 19.0. The van der Waals surface area contributed by atoms with Crippen molar-refractivity contribution in [2.45, 2.75) is 19.4 Å². The van der Waals surface area contributed by atoms with Gasteiger partial charge in [-0.2, -0.15) is 5.10 Å². The number of anilines is 1. The number of benzene rings is 3. The summed E-state index contributed by atoms with van der Waals surface area (Å²) in [5.74, 6) is -0.309. The lowest BCUT2D eigenvalue weighted by molar-refractivity contribution is 0.0711. The first-order valence-electron chi connectivity index (χ1n) is 10.2. The number of rotatable bonds is 6. The van der Waals surface area contributed by atoms with Gasteiger partial charge in [-0.05, 0) is 42.3 Å². The summed E-state index contributed by atoms with van der Waals surface area (Å²) in [4.78, 5) is 13.4. The van der Waals surface area contributed by atoms with E-state index in [-0.39, 0.29) is 17.7 Å². The molecule has 0 saturated carbocycles. The van der Waals surface area contributed by atoms with Gasteiger partial charge in [-0.15, -0.1) is 0 Å². The molecule has 0 fully saturated rings. The number of amides is 1. The molecular weight excluding hydrogens is 446 g/mol. The fourth-order valence-electron chi connectivity index (χ4n) is 3.58. The number of nitrogens with zero attached hydrogens (tertiary/aromatic N) is 2. The van der Waals surface area contributed by atoms with Crippen LogP contribution >= 0.6 is 11.6 Å². The third-order valence-corrected chi connectivity index (χ3v) is 6.89. The molecule has 1 aliphatic heterocycles. The zero-order chi connectivity index (χ0) is 22.7. The summed E-state index contributed by atoms with van der Waals surface area (Å²) in [6.45, 7) is 1.58. The van der Waals surface area contributed by atoms with Crippen LogP contribution in [-0.2, 0) is 10.0 Å². The van der Waals surface area contributed by atoms with Gasteiger partial charge in [-0.3, -0.25) is 9.52 Å². The normalized spacial score (nSPS) is 16.0. The molecule has 1 aliphatic rings. The topological polar surface area (TPSA) is 78.8 Å². The maximum atomic E-state index is 13.4. The van der Waals surface area contributed by atoms with E-state index in [0.717, 1.165) is 11.1 Å². The van der Waals surface area contributed by atoms with Crippen LogP contribution in [0.1, 0.15) is 40.9 Å². The number of carbonyl (C=O) groups is 1. The SMILES string of the molecule is CCS(=O)(=O)Nc1cccc(C2=NN(C(=O)c3ccccc3Cl)[C@H](c3ccccc3)C2)c1. The first kappa shape index (κ1) is 22.0. The lowest BCUT2D eigenvalue weighted by atomic mass is 9.98. The predicted octanol–water partition coefficient (Wildman–Crippen LogP) is 5.09. The number of hydrogen-bond acceptors (Lipinski definition) is 4. The van der Waals surface area contributed by atoms with Crippen molar-refractivity contribution in [3.8, 4) is 0 Å². The van der Waals surface area contributed by atoms with Crippen molar-refractivity contribution in [1.29, 1.82) is 0 Å². The number of hydrogen-bond donors (Lipinski definition) is 1.